The van der Waals surface area contributed by atoms with Crippen LogP contribution in [0, 0.1) is 12.8 Å². The molecule has 0 radical (unpaired) electrons. The molecule has 1 aliphatic carbocycles. The number of aromatic nitrogens is 2. The molecule has 3 rings (SSSR count). The lowest BCUT2D eigenvalue weighted by atomic mass is 10.2. The van der Waals surface area contributed by atoms with Crippen LogP contribution < -0.4 is 10.9 Å². The molecule has 0 saturated heterocycles. The number of rotatable bonds is 5. The van der Waals surface area contributed by atoms with E-state index in [1.54, 1.807) is 6.20 Å². The van der Waals surface area contributed by atoms with E-state index < -0.39 is 0 Å². The van der Waals surface area contributed by atoms with Crippen molar-refractivity contribution < 1.29 is 4.42 Å². The van der Waals surface area contributed by atoms with Gasteiger partial charge in [-0.15, -0.1) is 0 Å². The maximum Gasteiger partial charge on any atom is 0.283 e. The minimum absolute atomic E-state index is 0.0320. The Morgan fingerprint density at radius 2 is 2.29 bits per heavy atom. The van der Waals surface area contributed by atoms with Crippen LogP contribution in [0.2, 0.25) is 0 Å². The molecule has 0 bridgehead atoms. The standard InChI is InChI=1S/C15H18BrN3O2/c1-9-3-6-13(21-9)10(2)18-12-7-17-19(8-11-4-5-11)15(20)14(12)16/h3,6-7,10-11,18H,4-5,8H2,1-2H3. The molecule has 1 unspecified atom stereocenters. The molecule has 1 aliphatic rings. The van der Waals surface area contributed by atoms with Gasteiger partial charge in [-0.1, -0.05) is 0 Å². The van der Waals surface area contributed by atoms with Gasteiger partial charge in [0.2, 0.25) is 0 Å². The molecule has 2 aromatic rings. The van der Waals surface area contributed by atoms with Crippen LogP contribution in [0.25, 0.3) is 0 Å². The first-order chi connectivity index (χ1) is 10.0. The molecule has 6 heteroatoms. The number of anilines is 1. The molecule has 0 spiro atoms. The summed E-state index contributed by atoms with van der Waals surface area (Å²) in [6.45, 7) is 4.61. The molecule has 0 aromatic carbocycles. The number of aryl methyl sites for hydroxylation is 1. The van der Waals surface area contributed by atoms with Gasteiger partial charge in [-0.25, -0.2) is 4.68 Å². The quantitative estimate of drug-likeness (QED) is 0.895. The summed E-state index contributed by atoms with van der Waals surface area (Å²) in [6.07, 6.45) is 4.08. The van der Waals surface area contributed by atoms with Gasteiger partial charge in [0.25, 0.3) is 5.56 Å². The van der Waals surface area contributed by atoms with E-state index in [1.807, 2.05) is 26.0 Å². The Hall–Kier alpha value is -1.56. The van der Waals surface area contributed by atoms with Crippen LogP contribution in [0.5, 0.6) is 0 Å². The second-order valence-electron chi connectivity index (χ2n) is 5.62. The molecule has 1 fully saturated rings. The van der Waals surface area contributed by atoms with E-state index in [-0.39, 0.29) is 11.6 Å². The first kappa shape index (κ1) is 14.4. The molecule has 21 heavy (non-hydrogen) atoms. The lowest BCUT2D eigenvalue weighted by Crippen LogP contribution is -2.25. The van der Waals surface area contributed by atoms with Crippen LogP contribution in [-0.4, -0.2) is 9.78 Å². The molecule has 1 atom stereocenters. The summed E-state index contributed by atoms with van der Waals surface area (Å²) in [5.74, 6) is 2.32. The van der Waals surface area contributed by atoms with Gasteiger partial charge in [0.05, 0.1) is 17.9 Å². The van der Waals surface area contributed by atoms with Crippen LogP contribution in [0.1, 0.15) is 37.3 Å². The van der Waals surface area contributed by atoms with Gasteiger partial charge in [0.1, 0.15) is 16.0 Å². The van der Waals surface area contributed by atoms with Crippen molar-refractivity contribution in [2.75, 3.05) is 5.32 Å². The Balaban J connectivity index is 1.79. The van der Waals surface area contributed by atoms with E-state index in [0.717, 1.165) is 11.5 Å². The monoisotopic (exact) mass is 351 g/mol. The van der Waals surface area contributed by atoms with E-state index in [9.17, 15) is 4.79 Å². The van der Waals surface area contributed by atoms with Gasteiger partial charge >= 0.3 is 0 Å². The van der Waals surface area contributed by atoms with Crippen molar-refractivity contribution >= 4 is 21.6 Å². The maximum atomic E-state index is 12.3. The summed E-state index contributed by atoms with van der Waals surface area (Å²) >= 11 is 3.38. The minimum Gasteiger partial charge on any atom is -0.464 e. The number of hydrogen-bond acceptors (Lipinski definition) is 4. The predicted octanol–water partition coefficient (Wildman–Crippen LogP) is 3.49. The first-order valence-electron chi connectivity index (χ1n) is 7.13. The van der Waals surface area contributed by atoms with Gasteiger partial charge in [0.15, 0.2) is 0 Å². The third-order valence-electron chi connectivity index (χ3n) is 3.67. The highest BCUT2D eigenvalue weighted by atomic mass is 79.9. The number of nitrogens with zero attached hydrogens (tertiary/aromatic N) is 2. The van der Waals surface area contributed by atoms with Crippen molar-refractivity contribution in [3.05, 3.63) is 44.7 Å². The van der Waals surface area contributed by atoms with Crippen LogP contribution in [0.4, 0.5) is 5.69 Å². The van der Waals surface area contributed by atoms with Crippen molar-refractivity contribution in [3.63, 3.8) is 0 Å². The van der Waals surface area contributed by atoms with E-state index in [0.29, 0.717) is 22.6 Å². The van der Waals surface area contributed by atoms with Crippen LogP contribution >= 0.6 is 15.9 Å². The fourth-order valence-corrected chi connectivity index (χ4v) is 2.65. The second-order valence-corrected chi connectivity index (χ2v) is 6.41. The molecule has 112 valence electrons. The largest absolute Gasteiger partial charge is 0.464 e. The smallest absolute Gasteiger partial charge is 0.283 e. The fraction of sp³-hybridized carbons (Fsp3) is 0.467. The Morgan fingerprint density at radius 1 is 1.52 bits per heavy atom. The minimum atomic E-state index is -0.0882. The Kier molecular flexibility index (Phi) is 3.89. The molecule has 5 nitrogen and oxygen atoms in total. The number of furan rings is 1. The SMILES string of the molecule is Cc1ccc(C(C)Nc2cnn(CC3CC3)c(=O)c2Br)o1. The summed E-state index contributed by atoms with van der Waals surface area (Å²) in [4.78, 5) is 12.3. The maximum absolute atomic E-state index is 12.3. The average Bonchev–Trinajstić information content (AvgIpc) is 3.17. The van der Waals surface area contributed by atoms with Crippen LogP contribution in [-0.2, 0) is 6.54 Å². The summed E-state index contributed by atoms with van der Waals surface area (Å²) < 4.78 is 7.65. The third kappa shape index (κ3) is 3.20. The van der Waals surface area contributed by atoms with E-state index in [2.05, 4.69) is 26.3 Å². The number of hydrogen-bond donors (Lipinski definition) is 1. The third-order valence-corrected chi connectivity index (χ3v) is 4.44. The zero-order chi connectivity index (χ0) is 15.0. The molecular weight excluding hydrogens is 334 g/mol. The molecular formula is C15H18BrN3O2. The summed E-state index contributed by atoms with van der Waals surface area (Å²) in [5, 5.41) is 7.51. The van der Waals surface area contributed by atoms with E-state index in [4.69, 9.17) is 4.42 Å². The Morgan fingerprint density at radius 3 is 2.90 bits per heavy atom. The van der Waals surface area contributed by atoms with Crippen molar-refractivity contribution in [1.82, 2.24) is 9.78 Å². The summed E-state index contributed by atoms with van der Waals surface area (Å²) in [5.41, 5.74) is 0.600. The van der Waals surface area contributed by atoms with Crippen molar-refractivity contribution in [1.29, 1.82) is 0 Å². The van der Waals surface area contributed by atoms with Crippen LogP contribution in [0.3, 0.4) is 0 Å². The molecule has 2 aromatic heterocycles. The molecule has 0 aliphatic heterocycles. The molecule has 1 saturated carbocycles. The van der Waals surface area contributed by atoms with Crippen molar-refractivity contribution in [3.8, 4) is 0 Å². The highest BCUT2D eigenvalue weighted by Crippen LogP contribution is 2.30. The topological polar surface area (TPSA) is 60.1 Å². The van der Waals surface area contributed by atoms with Gasteiger partial charge in [-0.05, 0) is 60.7 Å². The Labute approximate surface area is 131 Å². The summed E-state index contributed by atoms with van der Waals surface area (Å²) in [7, 11) is 0. The molecule has 2 heterocycles. The predicted molar refractivity (Wildman–Crippen MR) is 84.4 cm³/mol. The van der Waals surface area contributed by atoms with Gasteiger partial charge in [-0.3, -0.25) is 4.79 Å². The van der Waals surface area contributed by atoms with Crippen molar-refractivity contribution in [2.24, 2.45) is 5.92 Å². The summed E-state index contributed by atoms with van der Waals surface area (Å²) in [6, 6.07) is 3.83. The average molecular weight is 352 g/mol. The first-order valence-corrected chi connectivity index (χ1v) is 7.92. The van der Waals surface area contributed by atoms with Gasteiger partial charge in [-0.2, -0.15) is 5.10 Å². The van der Waals surface area contributed by atoms with Gasteiger partial charge < -0.3 is 9.73 Å². The fourth-order valence-electron chi connectivity index (χ4n) is 2.23. The zero-order valence-electron chi connectivity index (χ0n) is 12.1. The highest BCUT2D eigenvalue weighted by Gasteiger charge is 2.23. The van der Waals surface area contributed by atoms with Gasteiger partial charge in [0, 0.05) is 6.54 Å². The van der Waals surface area contributed by atoms with E-state index >= 15 is 0 Å². The molecule has 0 amide bonds. The Bertz CT molecular complexity index is 703. The van der Waals surface area contributed by atoms with Crippen LogP contribution in [0.15, 0.2) is 32.0 Å². The normalized spacial score (nSPS) is 16.0. The zero-order valence-corrected chi connectivity index (χ0v) is 13.7. The second kappa shape index (κ2) is 5.67. The van der Waals surface area contributed by atoms with Crippen molar-refractivity contribution in [2.45, 2.75) is 39.3 Å². The lowest BCUT2D eigenvalue weighted by Gasteiger charge is -2.14. The van der Waals surface area contributed by atoms with E-state index in [1.165, 1.54) is 17.5 Å². The highest BCUT2D eigenvalue weighted by molar-refractivity contribution is 9.10. The number of halogens is 1. The molecule has 1 N–H and O–H groups in total. The number of nitrogens with one attached hydrogen (secondary N) is 1. The lowest BCUT2D eigenvalue weighted by molar-refractivity contribution is 0.466.